The smallest absolute Gasteiger partial charge is 0.248 e. The molecule has 1 aromatic rings. The zero-order valence-electron chi connectivity index (χ0n) is 13.8. The van der Waals surface area contributed by atoms with Crippen molar-refractivity contribution in [3.63, 3.8) is 0 Å². The number of nitrogens with two attached hydrogens (primary N) is 1. The molecule has 0 heterocycles. The highest BCUT2D eigenvalue weighted by Gasteiger charge is 2.50. The van der Waals surface area contributed by atoms with Gasteiger partial charge in [0.1, 0.15) is 0 Å². The van der Waals surface area contributed by atoms with Crippen LogP contribution in [-0.2, 0) is 6.42 Å². The predicted molar refractivity (Wildman–Crippen MR) is 88.9 cm³/mol. The SMILES string of the molecule is Cc1cc2c(cc1C(N)=O)CCC1C2CC[C@]2(C)CCCC12. The van der Waals surface area contributed by atoms with E-state index in [1.807, 2.05) is 6.92 Å². The molecular formula is C20H27NO. The van der Waals surface area contributed by atoms with Gasteiger partial charge in [-0.2, -0.15) is 0 Å². The van der Waals surface area contributed by atoms with E-state index in [1.54, 1.807) is 0 Å². The molecule has 3 unspecified atom stereocenters. The first-order chi connectivity index (χ1) is 10.5. The van der Waals surface area contributed by atoms with Gasteiger partial charge in [-0.15, -0.1) is 0 Å². The molecule has 3 aliphatic carbocycles. The van der Waals surface area contributed by atoms with E-state index in [-0.39, 0.29) is 5.91 Å². The molecule has 0 aromatic heterocycles. The monoisotopic (exact) mass is 297 g/mol. The van der Waals surface area contributed by atoms with E-state index in [1.165, 1.54) is 49.7 Å². The molecule has 1 amide bonds. The van der Waals surface area contributed by atoms with Crippen LogP contribution in [-0.4, -0.2) is 5.91 Å². The van der Waals surface area contributed by atoms with E-state index in [0.717, 1.165) is 35.3 Å². The minimum Gasteiger partial charge on any atom is -0.366 e. The lowest BCUT2D eigenvalue weighted by atomic mass is 9.56. The van der Waals surface area contributed by atoms with Crippen molar-refractivity contribution in [2.24, 2.45) is 23.0 Å². The van der Waals surface area contributed by atoms with Gasteiger partial charge in [-0.3, -0.25) is 4.79 Å². The first kappa shape index (κ1) is 14.3. The largest absolute Gasteiger partial charge is 0.366 e. The average molecular weight is 297 g/mol. The van der Waals surface area contributed by atoms with Gasteiger partial charge in [-0.25, -0.2) is 0 Å². The number of fused-ring (bicyclic) bond motifs is 5. The third-order valence-electron chi connectivity index (χ3n) is 7.12. The number of rotatable bonds is 1. The fraction of sp³-hybridized carbons (Fsp3) is 0.650. The van der Waals surface area contributed by atoms with E-state index in [4.69, 9.17) is 5.73 Å². The second-order valence-corrected chi connectivity index (χ2v) is 8.23. The Hall–Kier alpha value is -1.31. The minimum absolute atomic E-state index is 0.283. The lowest BCUT2D eigenvalue weighted by molar-refractivity contribution is 0.0598. The van der Waals surface area contributed by atoms with Crippen LogP contribution in [0, 0.1) is 24.2 Å². The van der Waals surface area contributed by atoms with Gasteiger partial charge in [-0.1, -0.05) is 19.4 Å². The number of hydrogen-bond donors (Lipinski definition) is 1. The van der Waals surface area contributed by atoms with Crippen LogP contribution in [0.4, 0.5) is 0 Å². The number of benzene rings is 1. The van der Waals surface area contributed by atoms with Crippen LogP contribution in [0.2, 0.25) is 0 Å². The van der Waals surface area contributed by atoms with Gasteiger partial charge in [0.15, 0.2) is 0 Å². The second-order valence-electron chi connectivity index (χ2n) is 8.23. The van der Waals surface area contributed by atoms with E-state index in [9.17, 15) is 4.79 Å². The van der Waals surface area contributed by atoms with Crippen molar-refractivity contribution < 1.29 is 4.79 Å². The third kappa shape index (κ3) is 1.96. The Kier molecular flexibility index (Phi) is 3.15. The van der Waals surface area contributed by atoms with Gasteiger partial charge in [0, 0.05) is 5.56 Å². The molecule has 118 valence electrons. The van der Waals surface area contributed by atoms with Crippen LogP contribution in [0.5, 0.6) is 0 Å². The summed E-state index contributed by atoms with van der Waals surface area (Å²) in [5, 5.41) is 0. The molecule has 0 spiro atoms. The van der Waals surface area contributed by atoms with Crippen LogP contribution in [0.25, 0.3) is 0 Å². The number of hydrogen-bond acceptors (Lipinski definition) is 1. The first-order valence-corrected chi connectivity index (χ1v) is 8.93. The van der Waals surface area contributed by atoms with Gasteiger partial charge in [0.25, 0.3) is 0 Å². The number of aryl methyl sites for hydroxylation is 2. The van der Waals surface area contributed by atoms with Crippen molar-refractivity contribution in [3.05, 3.63) is 34.4 Å². The van der Waals surface area contributed by atoms with Gasteiger partial charge >= 0.3 is 0 Å². The number of carbonyl (C=O) groups is 1. The van der Waals surface area contributed by atoms with Crippen LogP contribution < -0.4 is 5.73 Å². The standard InChI is InChI=1S/C20H27NO/c1-12-10-17-13(11-16(12)19(21)22)5-6-15-14(17)7-9-20(2)8-3-4-18(15)20/h10-11,14-15,18H,3-9H2,1-2H3,(H2,21,22)/t14?,15?,18?,20-/m0/s1. The number of primary amides is 1. The summed E-state index contributed by atoms with van der Waals surface area (Å²) in [5.41, 5.74) is 10.8. The maximum Gasteiger partial charge on any atom is 0.248 e. The fourth-order valence-corrected chi connectivity index (χ4v) is 5.99. The fourth-order valence-electron chi connectivity index (χ4n) is 5.99. The quantitative estimate of drug-likeness (QED) is 0.823. The van der Waals surface area contributed by atoms with Crippen molar-refractivity contribution in [1.29, 1.82) is 0 Å². The maximum absolute atomic E-state index is 11.6. The average Bonchev–Trinajstić information content (AvgIpc) is 2.88. The summed E-state index contributed by atoms with van der Waals surface area (Å²) in [4.78, 5) is 11.6. The van der Waals surface area contributed by atoms with Crippen molar-refractivity contribution in [3.8, 4) is 0 Å². The van der Waals surface area contributed by atoms with E-state index < -0.39 is 0 Å². The summed E-state index contributed by atoms with van der Waals surface area (Å²) in [6, 6.07) is 4.37. The Balaban J connectivity index is 1.73. The lowest BCUT2D eigenvalue weighted by Crippen LogP contribution is -2.39. The topological polar surface area (TPSA) is 43.1 Å². The molecule has 1 aromatic carbocycles. The number of amides is 1. The van der Waals surface area contributed by atoms with Gasteiger partial charge in [0.2, 0.25) is 5.91 Å². The highest BCUT2D eigenvalue weighted by Crippen LogP contribution is 2.60. The van der Waals surface area contributed by atoms with Crippen molar-refractivity contribution in [1.82, 2.24) is 0 Å². The van der Waals surface area contributed by atoms with Crippen LogP contribution >= 0.6 is 0 Å². The van der Waals surface area contributed by atoms with Gasteiger partial charge in [0.05, 0.1) is 0 Å². The Morgan fingerprint density at radius 2 is 2.05 bits per heavy atom. The summed E-state index contributed by atoms with van der Waals surface area (Å²) in [7, 11) is 0. The molecule has 2 nitrogen and oxygen atoms in total. The summed E-state index contributed by atoms with van der Waals surface area (Å²) in [5.74, 6) is 2.23. The van der Waals surface area contributed by atoms with Crippen LogP contribution in [0.15, 0.2) is 12.1 Å². The Morgan fingerprint density at radius 1 is 1.23 bits per heavy atom. The summed E-state index contributed by atoms with van der Waals surface area (Å²) < 4.78 is 0. The molecule has 3 aliphatic rings. The Morgan fingerprint density at radius 3 is 2.82 bits per heavy atom. The summed E-state index contributed by atoms with van der Waals surface area (Å²) in [6.45, 7) is 4.57. The molecule has 2 fully saturated rings. The molecule has 4 atom stereocenters. The predicted octanol–water partition coefficient (Wildman–Crippen LogP) is 4.34. The molecule has 2 heteroatoms. The van der Waals surface area contributed by atoms with Gasteiger partial charge < -0.3 is 5.73 Å². The lowest BCUT2D eigenvalue weighted by Gasteiger charge is -2.49. The zero-order chi connectivity index (χ0) is 15.5. The Bertz CT molecular complexity index is 635. The zero-order valence-corrected chi connectivity index (χ0v) is 13.8. The van der Waals surface area contributed by atoms with Crippen LogP contribution in [0.3, 0.4) is 0 Å². The highest BCUT2D eigenvalue weighted by atomic mass is 16.1. The van der Waals surface area contributed by atoms with E-state index in [0.29, 0.717) is 5.41 Å². The molecule has 0 bridgehead atoms. The highest BCUT2D eigenvalue weighted by molar-refractivity contribution is 5.94. The molecule has 4 rings (SSSR count). The Labute approximate surface area is 133 Å². The first-order valence-electron chi connectivity index (χ1n) is 8.93. The normalized spacial score (nSPS) is 36.4. The number of carbonyl (C=O) groups excluding carboxylic acids is 1. The molecule has 2 N–H and O–H groups in total. The minimum atomic E-state index is -0.283. The third-order valence-corrected chi connectivity index (χ3v) is 7.12. The van der Waals surface area contributed by atoms with Crippen LogP contribution in [0.1, 0.15) is 78.4 Å². The molecule has 22 heavy (non-hydrogen) atoms. The molecular weight excluding hydrogens is 270 g/mol. The molecule has 2 saturated carbocycles. The summed E-state index contributed by atoms with van der Waals surface area (Å²) in [6.07, 6.45) is 9.45. The summed E-state index contributed by atoms with van der Waals surface area (Å²) >= 11 is 0. The maximum atomic E-state index is 11.6. The second kappa shape index (κ2) is 4.84. The molecule has 0 saturated heterocycles. The van der Waals surface area contributed by atoms with Gasteiger partial charge in [-0.05, 0) is 91.4 Å². The van der Waals surface area contributed by atoms with Crippen molar-refractivity contribution >= 4 is 5.91 Å². The molecule has 0 radical (unpaired) electrons. The van der Waals surface area contributed by atoms with E-state index in [2.05, 4.69) is 19.1 Å². The molecule has 0 aliphatic heterocycles. The van der Waals surface area contributed by atoms with E-state index >= 15 is 0 Å². The van der Waals surface area contributed by atoms with Crippen molar-refractivity contribution in [2.45, 2.75) is 64.7 Å². The van der Waals surface area contributed by atoms with Crippen molar-refractivity contribution in [2.75, 3.05) is 0 Å².